The third-order valence-electron chi connectivity index (χ3n) is 2.45. The van der Waals surface area contributed by atoms with Gasteiger partial charge in [0.05, 0.1) is 5.97 Å². The number of hydrogen-bond donors (Lipinski definition) is 0. The highest BCUT2D eigenvalue weighted by atomic mass is 32.2. The van der Waals surface area contributed by atoms with Crippen molar-refractivity contribution in [1.29, 1.82) is 0 Å². The van der Waals surface area contributed by atoms with Gasteiger partial charge in [-0.25, -0.2) is 4.18 Å². The Morgan fingerprint density at radius 3 is 2.48 bits per heavy atom. The van der Waals surface area contributed by atoms with Crippen LogP contribution in [0, 0.1) is 0 Å². The average molecular weight is 323 g/mol. The van der Waals surface area contributed by atoms with E-state index in [-0.39, 0.29) is 11.3 Å². The summed E-state index contributed by atoms with van der Waals surface area (Å²) in [6.45, 7) is 0. The molecule has 0 aromatic heterocycles. The second-order valence-electron chi connectivity index (χ2n) is 3.85. The molecule has 1 aromatic carbocycles. The van der Waals surface area contributed by atoms with Gasteiger partial charge in [0.2, 0.25) is 6.29 Å². The summed E-state index contributed by atoms with van der Waals surface area (Å²) in [6, 6.07) is 5.46. The van der Waals surface area contributed by atoms with Gasteiger partial charge in [-0.05, 0) is 12.1 Å². The zero-order valence-electron chi connectivity index (χ0n) is 9.96. The summed E-state index contributed by atoms with van der Waals surface area (Å²) in [7, 11) is -5.93. The standard InChI is InChI=1S/C11H7F3O6S/c12-11(13,14)21(17,18)20-9-5-7(10(15)16)6-3-1-2-4-8(6)19-9/h1-5,9H,(H,15,16)/p-1. The fourth-order valence-corrected chi connectivity index (χ4v) is 2.04. The quantitative estimate of drug-likeness (QED) is 0.591. The Hall–Kier alpha value is -2.07. The van der Waals surface area contributed by atoms with Gasteiger partial charge in [0, 0.05) is 11.1 Å². The molecule has 1 aliphatic heterocycles. The fourth-order valence-electron chi connectivity index (χ4n) is 1.58. The number of carbonyl (C=O) groups excluding carboxylic acids is 1. The zero-order valence-corrected chi connectivity index (χ0v) is 10.8. The number of ether oxygens (including phenoxy) is 1. The van der Waals surface area contributed by atoms with E-state index in [2.05, 4.69) is 4.18 Å². The molecular formula is C11H6F3O6S-. The summed E-state index contributed by atoms with van der Waals surface area (Å²) in [4.78, 5) is 11.0. The molecule has 0 spiro atoms. The molecule has 0 amide bonds. The lowest BCUT2D eigenvalue weighted by molar-refractivity contribution is -0.295. The summed E-state index contributed by atoms with van der Waals surface area (Å²) in [6.07, 6.45) is -1.47. The normalized spacial score (nSPS) is 18.4. The number of carboxylic acids is 1. The van der Waals surface area contributed by atoms with Crippen LogP contribution in [-0.2, 0) is 19.1 Å². The fraction of sp³-hybridized carbons (Fsp3) is 0.182. The van der Waals surface area contributed by atoms with Crippen molar-refractivity contribution in [2.24, 2.45) is 0 Å². The lowest BCUT2D eigenvalue weighted by atomic mass is 10.0. The number of alkyl halides is 3. The van der Waals surface area contributed by atoms with Gasteiger partial charge in [-0.15, -0.1) is 0 Å². The number of hydrogen-bond acceptors (Lipinski definition) is 6. The Morgan fingerprint density at radius 2 is 1.90 bits per heavy atom. The molecule has 0 aliphatic carbocycles. The van der Waals surface area contributed by atoms with E-state index in [0.717, 1.165) is 0 Å². The topological polar surface area (TPSA) is 92.7 Å². The number of fused-ring (bicyclic) bond motifs is 1. The van der Waals surface area contributed by atoms with Crippen molar-refractivity contribution in [2.75, 3.05) is 0 Å². The number of carbonyl (C=O) groups is 1. The third-order valence-corrected chi connectivity index (χ3v) is 3.46. The number of aliphatic carboxylic acids is 1. The molecule has 0 bridgehead atoms. The van der Waals surface area contributed by atoms with Crippen LogP contribution in [0.25, 0.3) is 5.57 Å². The van der Waals surface area contributed by atoms with Crippen molar-refractivity contribution in [3.63, 3.8) is 0 Å². The van der Waals surface area contributed by atoms with Crippen LogP contribution in [0.4, 0.5) is 13.2 Å². The highest BCUT2D eigenvalue weighted by Gasteiger charge is 2.49. The molecule has 0 N–H and O–H groups in total. The Balaban J connectivity index is 2.38. The molecule has 10 heteroatoms. The Bertz CT molecular complexity index is 707. The molecular weight excluding hydrogens is 317 g/mol. The average Bonchev–Trinajstić information content (AvgIpc) is 2.35. The summed E-state index contributed by atoms with van der Waals surface area (Å²) in [5.74, 6) is -1.84. The SMILES string of the molecule is O=C([O-])C1=CC(OS(=O)(=O)C(F)(F)F)Oc2ccccc21. The molecule has 0 fully saturated rings. The molecule has 0 saturated heterocycles. The van der Waals surface area contributed by atoms with Crippen LogP contribution in [0.1, 0.15) is 5.56 Å². The lowest BCUT2D eigenvalue weighted by Gasteiger charge is -2.25. The van der Waals surface area contributed by atoms with Gasteiger partial charge in [0.15, 0.2) is 0 Å². The Kier molecular flexibility index (Phi) is 3.68. The molecule has 1 aliphatic rings. The van der Waals surface area contributed by atoms with Gasteiger partial charge in [-0.1, -0.05) is 18.2 Å². The number of carboxylic acid groups (broad SMARTS) is 1. The molecule has 0 saturated carbocycles. The van der Waals surface area contributed by atoms with Crippen molar-refractivity contribution < 1.29 is 40.4 Å². The predicted octanol–water partition coefficient (Wildman–Crippen LogP) is 0.405. The van der Waals surface area contributed by atoms with E-state index in [9.17, 15) is 31.5 Å². The van der Waals surface area contributed by atoms with E-state index in [1.807, 2.05) is 0 Å². The van der Waals surface area contributed by atoms with Crippen LogP contribution in [0.3, 0.4) is 0 Å². The van der Waals surface area contributed by atoms with Crippen molar-refractivity contribution in [1.82, 2.24) is 0 Å². The van der Waals surface area contributed by atoms with Crippen LogP contribution in [0.2, 0.25) is 0 Å². The summed E-state index contributed by atoms with van der Waals surface area (Å²) < 4.78 is 67.2. The Morgan fingerprint density at radius 1 is 1.29 bits per heavy atom. The number of benzene rings is 1. The largest absolute Gasteiger partial charge is 0.545 e. The van der Waals surface area contributed by atoms with Crippen LogP contribution in [0.5, 0.6) is 5.75 Å². The van der Waals surface area contributed by atoms with Crippen LogP contribution < -0.4 is 9.84 Å². The molecule has 1 atom stereocenters. The van der Waals surface area contributed by atoms with Gasteiger partial charge >= 0.3 is 15.6 Å². The van der Waals surface area contributed by atoms with E-state index in [1.54, 1.807) is 0 Å². The summed E-state index contributed by atoms with van der Waals surface area (Å²) in [5, 5.41) is 11.0. The predicted molar refractivity (Wildman–Crippen MR) is 59.9 cm³/mol. The maximum absolute atomic E-state index is 12.2. The van der Waals surface area contributed by atoms with Gasteiger partial charge in [-0.3, -0.25) is 0 Å². The van der Waals surface area contributed by atoms with E-state index < -0.39 is 33.5 Å². The van der Waals surface area contributed by atoms with Crippen LogP contribution in [-0.4, -0.2) is 26.2 Å². The lowest BCUT2D eigenvalue weighted by Crippen LogP contribution is -2.35. The van der Waals surface area contributed by atoms with E-state index in [0.29, 0.717) is 6.08 Å². The first-order valence-electron chi connectivity index (χ1n) is 5.30. The smallest absolute Gasteiger partial charge is 0.523 e. The van der Waals surface area contributed by atoms with E-state index in [4.69, 9.17) is 4.74 Å². The minimum Gasteiger partial charge on any atom is -0.545 e. The molecule has 1 heterocycles. The molecule has 6 nitrogen and oxygen atoms in total. The second-order valence-corrected chi connectivity index (χ2v) is 5.41. The van der Waals surface area contributed by atoms with Gasteiger partial charge in [0.1, 0.15) is 5.75 Å². The molecule has 21 heavy (non-hydrogen) atoms. The first-order chi connectivity index (χ1) is 9.62. The molecule has 2 rings (SSSR count). The number of para-hydroxylation sites is 1. The van der Waals surface area contributed by atoms with Gasteiger partial charge < -0.3 is 14.6 Å². The summed E-state index contributed by atoms with van der Waals surface area (Å²) in [5.41, 5.74) is -6.14. The molecule has 1 aromatic rings. The Labute approximate surface area is 116 Å². The highest BCUT2D eigenvalue weighted by molar-refractivity contribution is 7.87. The molecule has 114 valence electrons. The first kappa shape index (κ1) is 15.3. The first-order valence-corrected chi connectivity index (χ1v) is 6.71. The third kappa shape index (κ3) is 3.00. The van der Waals surface area contributed by atoms with Gasteiger partial charge in [-0.2, -0.15) is 21.6 Å². The molecule has 1 unspecified atom stereocenters. The van der Waals surface area contributed by atoms with Crippen molar-refractivity contribution >= 4 is 21.7 Å². The van der Waals surface area contributed by atoms with Crippen LogP contribution in [0.15, 0.2) is 30.3 Å². The van der Waals surface area contributed by atoms with E-state index >= 15 is 0 Å². The van der Waals surface area contributed by atoms with Crippen molar-refractivity contribution in [2.45, 2.75) is 11.8 Å². The zero-order chi connectivity index (χ0) is 15.8. The highest BCUT2D eigenvalue weighted by Crippen LogP contribution is 2.34. The monoisotopic (exact) mass is 323 g/mol. The van der Waals surface area contributed by atoms with Crippen LogP contribution >= 0.6 is 0 Å². The van der Waals surface area contributed by atoms with Crippen molar-refractivity contribution in [3.8, 4) is 5.75 Å². The van der Waals surface area contributed by atoms with E-state index in [1.165, 1.54) is 24.3 Å². The minimum absolute atomic E-state index is 0.0433. The second kappa shape index (κ2) is 5.04. The number of rotatable bonds is 3. The number of halogens is 3. The van der Waals surface area contributed by atoms with Crippen molar-refractivity contribution in [3.05, 3.63) is 35.9 Å². The maximum Gasteiger partial charge on any atom is 0.523 e. The minimum atomic E-state index is -5.93. The summed E-state index contributed by atoms with van der Waals surface area (Å²) >= 11 is 0. The molecule has 0 radical (unpaired) electrons. The van der Waals surface area contributed by atoms with Gasteiger partial charge in [0.25, 0.3) is 0 Å². The maximum atomic E-state index is 12.2.